The van der Waals surface area contributed by atoms with E-state index in [9.17, 15) is 19.7 Å². The molecule has 0 fully saturated rings. The molecule has 0 saturated heterocycles. The highest BCUT2D eigenvalue weighted by molar-refractivity contribution is 5.92. The van der Waals surface area contributed by atoms with E-state index in [1.807, 2.05) is 12.1 Å². The van der Waals surface area contributed by atoms with Gasteiger partial charge in [0.1, 0.15) is 0 Å². The molecule has 1 amide bonds. The number of nitro groups is 1. The summed E-state index contributed by atoms with van der Waals surface area (Å²) in [5, 5.41) is 13.5. The van der Waals surface area contributed by atoms with Gasteiger partial charge in [0, 0.05) is 11.8 Å². The summed E-state index contributed by atoms with van der Waals surface area (Å²) in [7, 11) is 0. The van der Waals surface area contributed by atoms with Crippen LogP contribution in [0.1, 0.15) is 25.3 Å². The van der Waals surface area contributed by atoms with Crippen molar-refractivity contribution in [2.45, 2.75) is 19.8 Å². The fraction of sp³-hybridized carbons (Fsp3) is 0.263. The Kier molecular flexibility index (Phi) is 6.87. The van der Waals surface area contributed by atoms with Crippen molar-refractivity contribution in [3.63, 3.8) is 0 Å². The Morgan fingerprint density at radius 1 is 1.07 bits per heavy atom. The van der Waals surface area contributed by atoms with Crippen molar-refractivity contribution in [2.75, 3.05) is 18.5 Å². The fourth-order valence-corrected chi connectivity index (χ4v) is 2.20. The van der Waals surface area contributed by atoms with Gasteiger partial charge < -0.3 is 14.8 Å². The molecule has 142 valence electrons. The second-order valence-corrected chi connectivity index (χ2v) is 6.00. The quantitative estimate of drug-likeness (QED) is 0.433. The van der Waals surface area contributed by atoms with Gasteiger partial charge in [0.05, 0.1) is 4.92 Å². The van der Waals surface area contributed by atoms with Crippen LogP contribution in [0.5, 0.6) is 5.75 Å². The summed E-state index contributed by atoms with van der Waals surface area (Å²) in [5.74, 6) is -0.963. The number of nitrogens with one attached hydrogen (secondary N) is 1. The second-order valence-electron chi connectivity index (χ2n) is 6.00. The number of benzene rings is 2. The van der Waals surface area contributed by atoms with Gasteiger partial charge in [-0.05, 0) is 29.7 Å². The van der Waals surface area contributed by atoms with Crippen LogP contribution >= 0.6 is 0 Å². The Labute approximate surface area is 156 Å². The number of anilines is 1. The van der Waals surface area contributed by atoms with Crippen molar-refractivity contribution < 1.29 is 24.0 Å². The first-order valence-corrected chi connectivity index (χ1v) is 8.28. The maximum atomic E-state index is 11.8. The zero-order valence-electron chi connectivity index (χ0n) is 15.0. The monoisotopic (exact) mass is 372 g/mol. The molecule has 0 bridgehead atoms. The molecule has 0 aliphatic rings. The third-order valence-electron chi connectivity index (χ3n) is 3.63. The van der Waals surface area contributed by atoms with Gasteiger partial charge in [0.2, 0.25) is 0 Å². The SMILES string of the molecule is CC(C)c1ccc(NC(=O)COC(=O)COc2ccccc2[N+](=O)[O-])cc1. The molecule has 0 aromatic heterocycles. The standard InChI is InChI=1S/C19H20N2O6/c1-13(2)14-7-9-15(10-8-14)20-18(22)11-27-19(23)12-26-17-6-4-3-5-16(17)21(24)25/h3-10,13H,11-12H2,1-2H3,(H,20,22). The van der Waals surface area contributed by atoms with Crippen molar-refractivity contribution in [3.05, 3.63) is 64.2 Å². The topological polar surface area (TPSA) is 108 Å². The van der Waals surface area contributed by atoms with Gasteiger partial charge >= 0.3 is 11.7 Å². The number of hydrogen-bond donors (Lipinski definition) is 1. The lowest BCUT2D eigenvalue weighted by atomic mass is 10.0. The van der Waals surface area contributed by atoms with Crippen LogP contribution in [0.25, 0.3) is 0 Å². The first-order valence-electron chi connectivity index (χ1n) is 8.28. The van der Waals surface area contributed by atoms with Crippen LogP contribution < -0.4 is 10.1 Å². The highest BCUT2D eigenvalue weighted by Crippen LogP contribution is 2.25. The average molecular weight is 372 g/mol. The van der Waals surface area contributed by atoms with Gasteiger partial charge in [-0.3, -0.25) is 14.9 Å². The van der Waals surface area contributed by atoms with E-state index in [2.05, 4.69) is 19.2 Å². The molecular weight excluding hydrogens is 352 g/mol. The van der Waals surface area contributed by atoms with E-state index in [1.165, 1.54) is 18.2 Å². The number of rotatable bonds is 8. The number of carbonyl (C=O) groups is 2. The van der Waals surface area contributed by atoms with Crippen LogP contribution in [-0.2, 0) is 14.3 Å². The smallest absolute Gasteiger partial charge is 0.344 e. The molecule has 0 spiro atoms. The predicted octanol–water partition coefficient (Wildman–Crippen LogP) is 3.28. The first kappa shape index (κ1) is 19.9. The number of nitrogens with zero attached hydrogens (tertiary/aromatic N) is 1. The Hall–Kier alpha value is -3.42. The molecular formula is C19H20N2O6. The molecule has 8 nitrogen and oxygen atoms in total. The summed E-state index contributed by atoms with van der Waals surface area (Å²) >= 11 is 0. The van der Waals surface area contributed by atoms with Gasteiger partial charge in [-0.2, -0.15) is 0 Å². The van der Waals surface area contributed by atoms with Crippen LogP contribution in [0, 0.1) is 10.1 Å². The second kappa shape index (κ2) is 9.33. The van der Waals surface area contributed by atoms with E-state index < -0.39 is 30.0 Å². The molecule has 0 saturated carbocycles. The van der Waals surface area contributed by atoms with Crippen molar-refractivity contribution in [1.82, 2.24) is 0 Å². The highest BCUT2D eigenvalue weighted by atomic mass is 16.6. The van der Waals surface area contributed by atoms with E-state index in [0.717, 1.165) is 5.56 Å². The number of nitro benzene ring substituents is 1. The summed E-state index contributed by atoms with van der Waals surface area (Å²) in [6.45, 7) is 3.12. The van der Waals surface area contributed by atoms with E-state index in [-0.39, 0.29) is 11.4 Å². The van der Waals surface area contributed by atoms with Gasteiger partial charge in [-0.15, -0.1) is 0 Å². The minimum absolute atomic E-state index is 0.0471. The van der Waals surface area contributed by atoms with Crippen LogP contribution in [0.15, 0.2) is 48.5 Å². The number of para-hydroxylation sites is 2. The summed E-state index contributed by atoms with van der Waals surface area (Å²) in [4.78, 5) is 33.8. The lowest BCUT2D eigenvalue weighted by Crippen LogP contribution is -2.23. The van der Waals surface area contributed by atoms with Gasteiger partial charge in [0.15, 0.2) is 19.0 Å². The molecule has 27 heavy (non-hydrogen) atoms. The highest BCUT2D eigenvalue weighted by Gasteiger charge is 2.16. The number of carbonyl (C=O) groups excluding carboxylic acids is 2. The molecule has 0 atom stereocenters. The molecule has 2 rings (SSSR count). The van der Waals surface area contributed by atoms with E-state index >= 15 is 0 Å². The third kappa shape index (κ3) is 6.10. The fourth-order valence-electron chi connectivity index (χ4n) is 2.20. The molecule has 0 aliphatic carbocycles. The molecule has 2 aromatic carbocycles. The van der Waals surface area contributed by atoms with Gasteiger partial charge in [-0.25, -0.2) is 4.79 Å². The van der Waals surface area contributed by atoms with Crippen LogP contribution in [0.4, 0.5) is 11.4 Å². The Morgan fingerprint density at radius 3 is 2.37 bits per heavy atom. The van der Waals surface area contributed by atoms with Crippen molar-refractivity contribution in [3.8, 4) is 5.75 Å². The van der Waals surface area contributed by atoms with Crippen molar-refractivity contribution in [2.24, 2.45) is 0 Å². The largest absolute Gasteiger partial charge is 0.475 e. The summed E-state index contributed by atoms with van der Waals surface area (Å²) < 4.78 is 9.91. The van der Waals surface area contributed by atoms with Crippen LogP contribution in [-0.4, -0.2) is 30.0 Å². The molecule has 0 aliphatic heterocycles. The summed E-state index contributed by atoms with van der Waals surface area (Å²) in [5.41, 5.74) is 1.48. The lowest BCUT2D eigenvalue weighted by Gasteiger charge is -2.09. The number of hydrogen-bond acceptors (Lipinski definition) is 6. The van der Waals surface area contributed by atoms with E-state index in [4.69, 9.17) is 9.47 Å². The molecule has 0 heterocycles. The maximum absolute atomic E-state index is 11.8. The molecule has 0 radical (unpaired) electrons. The molecule has 8 heteroatoms. The minimum Gasteiger partial charge on any atom is -0.475 e. The third-order valence-corrected chi connectivity index (χ3v) is 3.63. The van der Waals surface area contributed by atoms with Crippen LogP contribution in [0.3, 0.4) is 0 Å². The lowest BCUT2D eigenvalue weighted by molar-refractivity contribution is -0.385. The summed E-state index contributed by atoms with van der Waals surface area (Å²) in [6.07, 6.45) is 0. The average Bonchev–Trinajstić information content (AvgIpc) is 2.65. The predicted molar refractivity (Wildman–Crippen MR) is 98.7 cm³/mol. The normalized spacial score (nSPS) is 10.3. The molecule has 1 N–H and O–H groups in total. The maximum Gasteiger partial charge on any atom is 0.344 e. The minimum atomic E-state index is -0.807. The Balaban J connectivity index is 1.78. The number of esters is 1. The number of ether oxygens (including phenoxy) is 2. The van der Waals surface area contributed by atoms with Crippen molar-refractivity contribution in [1.29, 1.82) is 0 Å². The van der Waals surface area contributed by atoms with Crippen LogP contribution in [0.2, 0.25) is 0 Å². The zero-order chi connectivity index (χ0) is 19.8. The summed E-state index contributed by atoms with van der Waals surface area (Å²) in [6, 6.07) is 13.0. The van der Waals surface area contributed by atoms with E-state index in [0.29, 0.717) is 11.6 Å². The molecule has 2 aromatic rings. The van der Waals surface area contributed by atoms with Gasteiger partial charge in [-0.1, -0.05) is 38.1 Å². The van der Waals surface area contributed by atoms with Gasteiger partial charge in [0.25, 0.3) is 5.91 Å². The Bertz CT molecular complexity index is 817. The van der Waals surface area contributed by atoms with E-state index in [1.54, 1.807) is 18.2 Å². The first-order chi connectivity index (χ1) is 12.9. The zero-order valence-corrected chi connectivity index (χ0v) is 15.0. The number of amides is 1. The Morgan fingerprint density at radius 2 is 1.74 bits per heavy atom. The van der Waals surface area contributed by atoms with Crippen molar-refractivity contribution >= 4 is 23.3 Å². The molecule has 0 unspecified atom stereocenters.